The van der Waals surface area contributed by atoms with Gasteiger partial charge in [0.05, 0.1) is 5.69 Å². The van der Waals surface area contributed by atoms with Crippen molar-refractivity contribution in [3.8, 4) is 5.75 Å². The maximum Gasteiger partial charge on any atom is 0.326 e. The first-order chi connectivity index (χ1) is 8.91. The van der Waals surface area contributed by atoms with E-state index in [1.165, 1.54) is 11.8 Å². The first-order valence-corrected chi connectivity index (χ1v) is 6.23. The van der Waals surface area contributed by atoms with Crippen molar-refractivity contribution in [1.29, 1.82) is 0 Å². The topological polar surface area (TPSA) is 66.8 Å². The first kappa shape index (κ1) is 13.4. The average Bonchev–Trinajstić information content (AvgIpc) is 2.37. The normalized spacial score (nSPS) is 16.0. The predicted molar refractivity (Wildman–Crippen MR) is 70.6 cm³/mol. The number of fused-ring (bicyclic) bond motifs is 1. The van der Waals surface area contributed by atoms with E-state index < -0.39 is 12.0 Å². The molecule has 2 rings (SSSR count). The number of carboxylic acid groups (broad SMARTS) is 1. The van der Waals surface area contributed by atoms with Crippen LogP contribution < -0.4 is 9.64 Å². The summed E-state index contributed by atoms with van der Waals surface area (Å²) in [6, 6.07) is 4.65. The Morgan fingerprint density at radius 1 is 1.37 bits per heavy atom. The summed E-state index contributed by atoms with van der Waals surface area (Å²) in [6.07, 6.45) is 0. The summed E-state index contributed by atoms with van der Waals surface area (Å²) in [5.41, 5.74) is 1.58. The Morgan fingerprint density at radius 3 is 2.63 bits per heavy atom. The fraction of sp³-hybridized carbons (Fsp3) is 0.429. The molecule has 5 nitrogen and oxygen atoms in total. The highest BCUT2D eigenvalue weighted by atomic mass is 16.5. The van der Waals surface area contributed by atoms with Crippen molar-refractivity contribution >= 4 is 17.6 Å². The molecule has 1 amide bonds. The molecule has 1 aliphatic rings. The van der Waals surface area contributed by atoms with Gasteiger partial charge in [0.25, 0.3) is 5.91 Å². The van der Waals surface area contributed by atoms with Gasteiger partial charge in [0.2, 0.25) is 0 Å². The number of benzene rings is 1. The Labute approximate surface area is 111 Å². The van der Waals surface area contributed by atoms with Gasteiger partial charge in [-0.15, -0.1) is 0 Å². The standard InChI is InChI=1S/C14H17NO4/c1-8(2)10-4-5-12-11(6-10)15(9(3)14(17)18)13(16)7-19-12/h4-6,8-9H,7H2,1-3H3,(H,17,18). The molecule has 1 aliphatic heterocycles. The van der Waals surface area contributed by atoms with Gasteiger partial charge in [-0.25, -0.2) is 4.79 Å². The van der Waals surface area contributed by atoms with Crippen molar-refractivity contribution in [3.05, 3.63) is 23.8 Å². The second-order valence-electron chi connectivity index (χ2n) is 4.95. The van der Waals surface area contributed by atoms with E-state index in [1.54, 1.807) is 6.07 Å². The lowest BCUT2D eigenvalue weighted by molar-refractivity contribution is -0.140. The zero-order valence-corrected chi connectivity index (χ0v) is 11.2. The highest BCUT2D eigenvalue weighted by Gasteiger charge is 2.33. The number of aliphatic carboxylic acids is 1. The number of hydrogen-bond donors (Lipinski definition) is 1. The maximum absolute atomic E-state index is 11.9. The van der Waals surface area contributed by atoms with Gasteiger partial charge in [0, 0.05) is 0 Å². The highest BCUT2D eigenvalue weighted by molar-refractivity contribution is 6.02. The Hall–Kier alpha value is -2.04. The van der Waals surface area contributed by atoms with Crippen LogP contribution in [0, 0.1) is 0 Å². The van der Waals surface area contributed by atoms with Crippen molar-refractivity contribution in [2.24, 2.45) is 0 Å². The number of nitrogens with zero attached hydrogens (tertiary/aromatic N) is 1. The molecule has 1 aromatic rings. The van der Waals surface area contributed by atoms with Gasteiger partial charge in [0.15, 0.2) is 6.61 Å². The molecule has 0 aliphatic carbocycles. The summed E-state index contributed by atoms with van der Waals surface area (Å²) in [5, 5.41) is 9.12. The van der Waals surface area contributed by atoms with E-state index >= 15 is 0 Å². The number of hydrogen-bond acceptors (Lipinski definition) is 3. The van der Waals surface area contributed by atoms with Gasteiger partial charge in [-0.2, -0.15) is 0 Å². The van der Waals surface area contributed by atoms with Crippen molar-refractivity contribution in [1.82, 2.24) is 0 Å². The fourth-order valence-electron chi connectivity index (χ4n) is 2.08. The van der Waals surface area contributed by atoms with E-state index in [9.17, 15) is 9.59 Å². The van der Waals surface area contributed by atoms with Gasteiger partial charge in [-0.05, 0) is 30.5 Å². The van der Waals surface area contributed by atoms with E-state index in [0.29, 0.717) is 17.4 Å². The van der Waals surface area contributed by atoms with Crippen LogP contribution in [0.1, 0.15) is 32.3 Å². The second-order valence-corrected chi connectivity index (χ2v) is 4.95. The number of amides is 1. The molecule has 19 heavy (non-hydrogen) atoms. The molecule has 0 spiro atoms. The summed E-state index contributed by atoms with van der Waals surface area (Å²) < 4.78 is 5.35. The third kappa shape index (κ3) is 2.41. The lowest BCUT2D eigenvalue weighted by Gasteiger charge is -2.32. The quantitative estimate of drug-likeness (QED) is 0.905. The van der Waals surface area contributed by atoms with E-state index in [2.05, 4.69) is 0 Å². The van der Waals surface area contributed by atoms with E-state index in [-0.39, 0.29) is 12.5 Å². The molecule has 0 aromatic heterocycles. The molecule has 0 saturated heterocycles. The largest absolute Gasteiger partial charge is 0.482 e. The summed E-state index contributed by atoms with van der Waals surface area (Å²) in [6.45, 7) is 5.46. The average molecular weight is 263 g/mol. The summed E-state index contributed by atoms with van der Waals surface area (Å²) >= 11 is 0. The molecule has 1 atom stereocenters. The molecule has 1 aromatic carbocycles. The minimum absolute atomic E-state index is 0.119. The summed E-state index contributed by atoms with van der Waals surface area (Å²) in [5.74, 6) is -0.513. The molecule has 102 valence electrons. The number of anilines is 1. The number of carbonyl (C=O) groups excluding carboxylic acids is 1. The van der Waals surface area contributed by atoms with Gasteiger partial charge in [0.1, 0.15) is 11.8 Å². The van der Waals surface area contributed by atoms with Gasteiger partial charge in [-0.3, -0.25) is 9.69 Å². The number of carboxylic acids is 1. The Balaban J connectivity index is 2.50. The minimum atomic E-state index is -1.03. The minimum Gasteiger partial charge on any atom is -0.482 e. The molecular weight excluding hydrogens is 246 g/mol. The number of ether oxygens (including phenoxy) is 1. The van der Waals surface area contributed by atoms with Crippen LogP contribution in [0.3, 0.4) is 0 Å². The fourth-order valence-corrected chi connectivity index (χ4v) is 2.08. The number of carbonyl (C=O) groups is 2. The van der Waals surface area contributed by atoms with Crippen LogP contribution >= 0.6 is 0 Å². The molecule has 0 bridgehead atoms. The number of rotatable bonds is 3. The zero-order valence-electron chi connectivity index (χ0n) is 11.2. The molecule has 0 radical (unpaired) electrons. The Kier molecular flexibility index (Phi) is 3.46. The maximum atomic E-state index is 11.9. The molecule has 0 fully saturated rings. The van der Waals surface area contributed by atoms with Crippen molar-refractivity contribution in [2.45, 2.75) is 32.7 Å². The van der Waals surface area contributed by atoms with Crippen molar-refractivity contribution in [2.75, 3.05) is 11.5 Å². The molecule has 1 N–H and O–H groups in total. The van der Waals surface area contributed by atoms with Crippen LogP contribution in [-0.4, -0.2) is 29.6 Å². The van der Waals surface area contributed by atoms with Gasteiger partial charge < -0.3 is 9.84 Å². The monoisotopic (exact) mass is 263 g/mol. The van der Waals surface area contributed by atoms with Crippen LogP contribution in [0.2, 0.25) is 0 Å². The lowest BCUT2D eigenvalue weighted by atomic mass is 10.0. The Morgan fingerprint density at radius 2 is 2.05 bits per heavy atom. The van der Waals surface area contributed by atoms with Crippen LogP contribution in [0.4, 0.5) is 5.69 Å². The first-order valence-electron chi connectivity index (χ1n) is 6.23. The van der Waals surface area contributed by atoms with E-state index in [1.807, 2.05) is 26.0 Å². The summed E-state index contributed by atoms with van der Waals surface area (Å²) in [7, 11) is 0. The van der Waals surface area contributed by atoms with Crippen LogP contribution in [0.25, 0.3) is 0 Å². The van der Waals surface area contributed by atoms with Crippen LogP contribution in [0.5, 0.6) is 5.75 Å². The highest BCUT2D eigenvalue weighted by Crippen LogP contribution is 2.35. The van der Waals surface area contributed by atoms with Gasteiger partial charge >= 0.3 is 5.97 Å². The summed E-state index contributed by atoms with van der Waals surface area (Å²) in [4.78, 5) is 24.4. The van der Waals surface area contributed by atoms with Crippen LogP contribution in [0.15, 0.2) is 18.2 Å². The van der Waals surface area contributed by atoms with Crippen molar-refractivity contribution < 1.29 is 19.4 Å². The zero-order chi connectivity index (χ0) is 14.2. The molecule has 0 saturated carbocycles. The van der Waals surface area contributed by atoms with Crippen molar-refractivity contribution in [3.63, 3.8) is 0 Å². The molecule has 5 heteroatoms. The Bertz CT molecular complexity index is 524. The lowest BCUT2D eigenvalue weighted by Crippen LogP contribution is -2.48. The SMILES string of the molecule is CC(C)c1ccc2c(c1)N(C(C)C(=O)O)C(=O)CO2. The molecule has 1 unspecified atom stereocenters. The van der Waals surface area contributed by atoms with E-state index in [4.69, 9.17) is 9.84 Å². The van der Waals surface area contributed by atoms with E-state index in [0.717, 1.165) is 5.56 Å². The predicted octanol–water partition coefficient (Wildman–Crippen LogP) is 2.01. The third-order valence-electron chi connectivity index (χ3n) is 3.27. The molecule has 1 heterocycles. The van der Waals surface area contributed by atoms with Crippen LogP contribution in [-0.2, 0) is 9.59 Å². The smallest absolute Gasteiger partial charge is 0.326 e. The second kappa shape index (κ2) is 4.91. The van der Waals surface area contributed by atoms with Gasteiger partial charge in [-0.1, -0.05) is 19.9 Å². The molecular formula is C14H17NO4. The third-order valence-corrected chi connectivity index (χ3v) is 3.27.